The highest BCUT2D eigenvalue weighted by Gasteiger charge is 2.19. The Bertz CT molecular complexity index is 454. The number of carbonyl (C=O) groups excluding carboxylic acids is 1. The van der Waals surface area contributed by atoms with Gasteiger partial charge in [0.05, 0.1) is 11.6 Å². The van der Waals surface area contributed by atoms with E-state index < -0.39 is 0 Å². The quantitative estimate of drug-likeness (QED) is 0.772. The Morgan fingerprint density at radius 2 is 2.25 bits per heavy atom. The van der Waals surface area contributed by atoms with Crippen LogP contribution in [-0.4, -0.2) is 12.4 Å². The Morgan fingerprint density at radius 1 is 1.44 bits per heavy atom. The molecule has 2 rings (SSSR count). The molecule has 0 radical (unpaired) electrons. The molecule has 2 nitrogen and oxygen atoms in total. The maximum Gasteiger partial charge on any atom is 0.228 e. The van der Waals surface area contributed by atoms with Crippen molar-refractivity contribution in [1.29, 1.82) is 0 Å². The van der Waals surface area contributed by atoms with Gasteiger partial charge in [0.25, 0.3) is 0 Å². The van der Waals surface area contributed by atoms with Crippen LogP contribution in [0.5, 0.6) is 0 Å². The lowest BCUT2D eigenvalue weighted by Crippen LogP contribution is -2.11. The lowest BCUT2D eigenvalue weighted by atomic mass is 10.1. The van der Waals surface area contributed by atoms with Gasteiger partial charge in [0.15, 0.2) is 5.76 Å². The zero-order chi connectivity index (χ0) is 11.5. The van der Waals surface area contributed by atoms with Crippen molar-refractivity contribution >= 4 is 33.3 Å². The first-order valence-electron chi connectivity index (χ1n) is 5.02. The average molecular weight is 302 g/mol. The van der Waals surface area contributed by atoms with Crippen molar-refractivity contribution in [2.45, 2.75) is 12.8 Å². The summed E-state index contributed by atoms with van der Waals surface area (Å²) >= 11 is 9.35. The summed E-state index contributed by atoms with van der Waals surface area (Å²) in [5.41, 5.74) is 0.476. The molecular formula is C12H10BrClO2. The molecule has 16 heavy (non-hydrogen) atoms. The van der Waals surface area contributed by atoms with Gasteiger partial charge in [-0.3, -0.25) is 4.79 Å². The Balaban J connectivity index is 2.33. The highest BCUT2D eigenvalue weighted by molar-refractivity contribution is 9.10. The third-order valence-electron chi connectivity index (χ3n) is 2.36. The molecule has 1 aromatic carbocycles. The van der Waals surface area contributed by atoms with Gasteiger partial charge in [-0.2, -0.15) is 0 Å². The summed E-state index contributed by atoms with van der Waals surface area (Å²) in [5.74, 6) is 0.261. The molecule has 0 aliphatic carbocycles. The molecule has 0 saturated carbocycles. The van der Waals surface area contributed by atoms with Crippen LogP contribution < -0.4 is 0 Å². The number of ether oxygens (including phenoxy) is 1. The van der Waals surface area contributed by atoms with E-state index in [1.807, 2.05) is 6.08 Å². The van der Waals surface area contributed by atoms with Crippen molar-refractivity contribution in [3.05, 3.63) is 45.1 Å². The summed E-state index contributed by atoms with van der Waals surface area (Å²) in [6.45, 7) is 0.600. The van der Waals surface area contributed by atoms with Gasteiger partial charge in [-0.25, -0.2) is 0 Å². The van der Waals surface area contributed by atoms with Gasteiger partial charge in [0, 0.05) is 10.0 Å². The Labute approximate surface area is 107 Å². The second-order valence-corrected chi connectivity index (χ2v) is 4.72. The normalized spacial score (nSPS) is 15.2. The van der Waals surface area contributed by atoms with Crippen LogP contribution in [0, 0.1) is 0 Å². The van der Waals surface area contributed by atoms with E-state index in [9.17, 15) is 4.79 Å². The first-order valence-corrected chi connectivity index (χ1v) is 6.19. The van der Waals surface area contributed by atoms with Crippen LogP contribution in [0.25, 0.3) is 0 Å². The van der Waals surface area contributed by atoms with Crippen LogP contribution in [0.4, 0.5) is 0 Å². The second kappa shape index (κ2) is 5.02. The fourth-order valence-electron chi connectivity index (χ4n) is 1.53. The molecule has 0 fully saturated rings. The molecular weight excluding hydrogens is 291 g/mol. The van der Waals surface area contributed by atoms with E-state index in [4.69, 9.17) is 16.3 Å². The molecule has 0 atom stereocenters. The van der Waals surface area contributed by atoms with Crippen LogP contribution >= 0.6 is 27.5 Å². The third kappa shape index (κ3) is 2.30. The van der Waals surface area contributed by atoms with Gasteiger partial charge in [-0.1, -0.05) is 17.7 Å². The van der Waals surface area contributed by atoms with Gasteiger partial charge >= 0.3 is 0 Å². The molecule has 4 heteroatoms. The topological polar surface area (TPSA) is 26.3 Å². The van der Waals surface area contributed by atoms with Gasteiger partial charge in [0.2, 0.25) is 5.78 Å². The van der Waals surface area contributed by atoms with E-state index in [-0.39, 0.29) is 5.78 Å². The van der Waals surface area contributed by atoms with Gasteiger partial charge in [0.1, 0.15) is 0 Å². The lowest BCUT2D eigenvalue weighted by Gasteiger charge is -2.14. The SMILES string of the molecule is O=C(C1=CCCCO1)c1cccc(Br)c1Cl. The third-order valence-corrected chi connectivity index (χ3v) is 3.65. The number of carbonyl (C=O) groups is 1. The zero-order valence-corrected chi connectivity index (χ0v) is 10.8. The number of ketones is 1. The maximum atomic E-state index is 12.1. The van der Waals surface area contributed by atoms with Gasteiger partial charge in [-0.05, 0) is 47.0 Å². The van der Waals surface area contributed by atoms with Crippen molar-refractivity contribution in [2.75, 3.05) is 6.61 Å². The fraction of sp³-hybridized carbons (Fsp3) is 0.250. The molecule has 0 N–H and O–H groups in total. The van der Waals surface area contributed by atoms with E-state index in [1.54, 1.807) is 18.2 Å². The molecule has 0 spiro atoms. The molecule has 0 amide bonds. The smallest absolute Gasteiger partial charge is 0.228 e. The van der Waals surface area contributed by atoms with Crippen LogP contribution in [0.3, 0.4) is 0 Å². The molecule has 1 aromatic rings. The van der Waals surface area contributed by atoms with E-state index in [2.05, 4.69) is 15.9 Å². The van der Waals surface area contributed by atoms with E-state index in [0.29, 0.717) is 23.0 Å². The molecule has 1 aliphatic rings. The monoisotopic (exact) mass is 300 g/mol. The number of halogens is 2. The lowest BCUT2D eigenvalue weighted by molar-refractivity contribution is 0.0899. The van der Waals surface area contributed by atoms with Crippen molar-refractivity contribution in [3.8, 4) is 0 Å². The zero-order valence-electron chi connectivity index (χ0n) is 8.50. The number of rotatable bonds is 2. The van der Waals surface area contributed by atoms with E-state index in [1.165, 1.54) is 0 Å². The van der Waals surface area contributed by atoms with Crippen molar-refractivity contribution in [3.63, 3.8) is 0 Å². The predicted molar refractivity (Wildman–Crippen MR) is 66.8 cm³/mol. The molecule has 0 unspecified atom stereocenters. The Kier molecular flexibility index (Phi) is 3.66. The summed E-state index contributed by atoms with van der Waals surface area (Å²) < 4.78 is 6.05. The Hall–Kier alpha value is -0.800. The fourth-order valence-corrected chi connectivity index (χ4v) is 2.11. The minimum absolute atomic E-state index is 0.147. The minimum Gasteiger partial charge on any atom is -0.490 e. The largest absolute Gasteiger partial charge is 0.490 e. The van der Waals surface area contributed by atoms with Crippen molar-refractivity contribution < 1.29 is 9.53 Å². The molecule has 1 aliphatic heterocycles. The maximum absolute atomic E-state index is 12.1. The first-order chi connectivity index (χ1) is 7.70. The van der Waals surface area contributed by atoms with Crippen LogP contribution in [-0.2, 0) is 4.74 Å². The molecule has 84 valence electrons. The number of Topliss-reactive ketones (excluding diaryl/α,β-unsaturated/α-hetero) is 1. The molecule has 0 saturated heterocycles. The average Bonchev–Trinajstić information content (AvgIpc) is 2.33. The van der Waals surface area contributed by atoms with Crippen LogP contribution in [0.15, 0.2) is 34.5 Å². The minimum atomic E-state index is -0.147. The standard InChI is InChI=1S/C12H10BrClO2/c13-9-5-3-4-8(11(9)14)12(15)10-6-1-2-7-16-10/h3-6H,1-2,7H2. The number of benzene rings is 1. The summed E-state index contributed by atoms with van der Waals surface area (Å²) in [4.78, 5) is 12.1. The second-order valence-electron chi connectivity index (χ2n) is 3.49. The summed E-state index contributed by atoms with van der Waals surface area (Å²) in [6, 6.07) is 5.29. The molecule has 1 heterocycles. The molecule has 0 bridgehead atoms. The first kappa shape index (κ1) is 11.7. The highest BCUT2D eigenvalue weighted by atomic mass is 79.9. The highest BCUT2D eigenvalue weighted by Crippen LogP contribution is 2.28. The summed E-state index contributed by atoms with van der Waals surface area (Å²) in [6.07, 6.45) is 3.67. The van der Waals surface area contributed by atoms with E-state index >= 15 is 0 Å². The van der Waals surface area contributed by atoms with E-state index in [0.717, 1.165) is 17.3 Å². The van der Waals surface area contributed by atoms with Gasteiger partial charge in [-0.15, -0.1) is 0 Å². The number of hydrogen-bond donors (Lipinski definition) is 0. The Morgan fingerprint density at radius 3 is 2.94 bits per heavy atom. The molecule has 0 aromatic heterocycles. The number of allylic oxidation sites excluding steroid dienone is 2. The van der Waals surface area contributed by atoms with Crippen molar-refractivity contribution in [1.82, 2.24) is 0 Å². The predicted octanol–water partition coefficient (Wildman–Crippen LogP) is 3.98. The number of hydrogen-bond acceptors (Lipinski definition) is 2. The summed E-state index contributed by atoms with van der Waals surface area (Å²) in [7, 11) is 0. The van der Waals surface area contributed by atoms with Crippen LogP contribution in [0.2, 0.25) is 5.02 Å². The van der Waals surface area contributed by atoms with Crippen LogP contribution in [0.1, 0.15) is 23.2 Å². The summed E-state index contributed by atoms with van der Waals surface area (Å²) in [5, 5.41) is 0.433. The van der Waals surface area contributed by atoms with Gasteiger partial charge < -0.3 is 4.74 Å². The van der Waals surface area contributed by atoms with Crippen molar-refractivity contribution in [2.24, 2.45) is 0 Å².